The summed E-state index contributed by atoms with van der Waals surface area (Å²) in [6.45, 7) is 2.27. The first kappa shape index (κ1) is 16.3. The lowest BCUT2D eigenvalue weighted by Gasteiger charge is -2.18. The molecule has 128 valence electrons. The number of nitrogens with two attached hydrogens (primary N) is 1. The lowest BCUT2D eigenvalue weighted by atomic mass is 9.89. The molecule has 0 aliphatic heterocycles. The number of hydrogen-bond donors (Lipinski definition) is 1. The summed E-state index contributed by atoms with van der Waals surface area (Å²) < 4.78 is 5.99. The third-order valence-electron chi connectivity index (χ3n) is 4.47. The molecule has 0 fully saturated rings. The van der Waals surface area contributed by atoms with Gasteiger partial charge in [0.1, 0.15) is 16.9 Å². The number of halogens is 1. The number of ether oxygens (including phenoxy) is 1. The van der Waals surface area contributed by atoms with Gasteiger partial charge in [0.05, 0.1) is 10.9 Å². The van der Waals surface area contributed by atoms with Crippen molar-refractivity contribution < 1.29 is 9.53 Å². The molecule has 4 rings (SSSR count). The van der Waals surface area contributed by atoms with E-state index in [0.29, 0.717) is 22.6 Å². The molecule has 2 heterocycles. The first-order valence-corrected chi connectivity index (χ1v) is 9.25. The average Bonchev–Trinajstić information content (AvgIpc) is 2.94. The van der Waals surface area contributed by atoms with Crippen LogP contribution in [0.4, 0.5) is 0 Å². The highest BCUT2D eigenvalue weighted by atomic mass is 35.5. The zero-order chi connectivity index (χ0) is 17.6. The van der Waals surface area contributed by atoms with E-state index in [2.05, 4.69) is 16.9 Å². The van der Waals surface area contributed by atoms with E-state index in [1.54, 1.807) is 23.5 Å². The Labute approximate surface area is 153 Å². The van der Waals surface area contributed by atoms with Crippen LogP contribution in [-0.4, -0.2) is 15.9 Å². The Bertz CT molecular complexity index is 986. The number of carbonyl (C=O) groups is 1. The molecule has 0 unspecified atom stereocenters. The van der Waals surface area contributed by atoms with Crippen molar-refractivity contribution in [3.8, 4) is 11.6 Å². The Balaban J connectivity index is 1.82. The number of rotatable bonds is 3. The van der Waals surface area contributed by atoms with Gasteiger partial charge in [-0.3, -0.25) is 4.79 Å². The highest BCUT2D eigenvalue weighted by molar-refractivity contribution is 7.18. The van der Waals surface area contributed by atoms with Gasteiger partial charge in [-0.25, -0.2) is 9.97 Å². The summed E-state index contributed by atoms with van der Waals surface area (Å²) in [6.07, 6.45) is 4.68. The van der Waals surface area contributed by atoms with Crippen LogP contribution >= 0.6 is 22.9 Å². The summed E-state index contributed by atoms with van der Waals surface area (Å²) >= 11 is 7.66. The van der Waals surface area contributed by atoms with Crippen LogP contribution in [0.15, 0.2) is 24.5 Å². The molecule has 1 amide bonds. The molecular weight excluding hydrogens is 358 g/mol. The van der Waals surface area contributed by atoms with E-state index in [-0.39, 0.29) is 5.56 Å². The number of hydrogen-bond acceptors (Lipinski definition) is 5. The fourth-order valence-corrected chi connectivity index (χ4v) is 4.72. The molecule has 2 aromatic heterocycles. The number of benzene rings is 1. The Morgan fingerprint density at radius 2 is 2.24 bits per heavy atom. The topological polar surface area (TPSA) is 78.1 Å². The molecule has 1 aromatic carbocycles. The van der Waals surface area contributed by atoms with Crippen LogP contribution in [0.25, 0.3) is 10.2 Å². The van der Waals surface area contributed by atoms with E-state index in [1.165, 1.54) is 22.8 Å². The zero-order valence-corrected chi connectivity index (χ0v) is 15.2. The summed E-state index contributed by atoms with van der Waals surface area (Å²) in [5, 5.41) is 1.37. The van der Waals surface area contributed by atoms with E-state index >= 15 is 0 Å². The number of amides is 1. The fourth-order valence-electron chi connectivity index (χ4n) is 3.21. The van der Waals surface area contributed by atoms with Gasteiger partial charge in [-0.15, -0.1) is 11.3 Å². The Hall–Kier alpha value is -2.18. The van der Waals surface area contributed by atoms with Gasteiger partial charge < -0.3 is 10.5 Å². The number of primary amides is 1. The molecule has 0 saturated carbocycles. The predicted octanol–water partition coefficient (Wildman–Crippen LogP) is 4.36. The van der Waals surface area contributed by atoms with E-state index in [1.807, 2.05) is 0 Å². The molecular formula is C18H16ClN3O2S. The molecule has 1 atom stereocenters. The molecule has 1 aliphatic carbocycles. The molecule has 0 radical (unpaired) electrons. The van der Waals surface area contributed by atoms with Gasteiger partial charge in [0.25, 0.3) is 5.91 Å². The second-order valence-electron chi connectivity index (χ2n) is 6.32. The Kier molecular flexibility index (Phi) is 4.09. The summed E-state index contributed by atoms with van der Waals surface area (Å²) in [5.41, 5.74) is 6.95. The van der Waals surface area contributed by atoms with Crippen molar-refractivity contribution in [3.63, 3.8) is 0 Å². The minimum atomic E-state index is -0.594. The van der Waals surface area contributed by atoms with Crippen molar-refractivity contribution in [1.29, 1.82) is 0 Å². The molecule has 0 bridgehead atoms. The number of fused-ring (bicyclic) bond motifs is 3. The SMILES string of the molecule is C[C@H]1CCc2c(sc3ncnc(Oc4ccc(Cl)cc4C(N)=O)c23)C1. The molecule has 3 aromatic rings. The van der Waals surface area contributed by atoms with E-state index in [0.717, 1.165) is 29.5 Å². The average molecular weight is 374 g/mol. The Morgan fingerprint density at radius 1 is 1.40 bits per heavy atom. The highest BCUT2D eigenvalue weighted by Gasteiger charge is 2.24. The van der Waals surface area contributed by atoms with Gasteiger partial charge >= 0.3 is 0 Å². The highest BCUT2D eigenvalue weighted by Crippen LogP contribution is 2.41. The maximum atomic E-state index is 11.7. The van der Waals surface area contributed by atoms with E-state index < -0.39 is 5.91 Å². The monoisotopic (exact) mass is 373 g/mol. The molecule has 0 spiro atoms. The van der Waals surface area contributed by atoms with Gasteiger partial charge in [0.2, 0.25) is 5.88 Å². The van der Waals surface area contributed by atoms with Crippen molar-refractivity contribution >= 4 is 39.1 Å². The first-order chi connectivity index (χ1) is 12.0. The molecule has 7 heteroatoms. The second kappa shape index (κ2) is 6.28. The third-order valence-corrected chi connectivity index (χ3v) is 5.87. The minimum Gasteiger partial charge on any atom is -0.437 e. The van der Waals surface area contributed by atoms with Gasteiger partial charge in [-0.05, 0) is 48.9 Å². The van der Waals surface area contributed by atoms with E-state index in [9.17, 15) is 4.79 Å². The van der Waals surface area contributed by atoms with Gasteiger partial charge in [0.15, 0.2) is 0 Å². The molecule has 5 nitrogen and oxygen atoms in total. The van der Waals surface area contributed by atoms with Crippen molar-refractivity contribution in [2.45, 2.75) is 26.2 Å². The van der Waals surface area contributed by atoms with Gasteiger partial charge in [0, 0.05) is 9.90 Å². The van der Waals surface area contributed by atoms with Gasteiger partial charge in [-0.1, -0.05) is 18.5 Å². The van der Waals surface area contributed by atoms with Crippen LogP contribution in [0, 0.1) is 5.92 Å². The fraction of sp³-hybridized carbons (Fsp3) is 0.278. The minimum absolute atomic E-state index is 0.233. The van der Waals surface area contributed by atoms with E-state index in [4.69, 9.17) is 22.1 Å². The standard InChI is InChI=1S/C18H16ClN3O2S/c1-9-2-4-11-14(6-9)25-18-15(11)17(21-8-22-18)24-13-5-3-10(19)7-12(13)16(20)23/h3,5,7-9H,2,4,6H2,1H3,(H2,20,23)/t9-/m0/s1. The molecule has 2 N–H and O–H groups in total. The van der Waals surface area contributed by atoms with Crippen LogP contribution in [0.2, 0.25) is 5.02 Å². The zero-order valence-electron chi connectivity index (χ0n) is 13.6. The molecule has 0 saturated heterocycles. The number of carbonyl (C=O) groups excluding carboxylic acids is 1. The first-order valence-electron chi connectivity index (χ1n) is 8.05. The summed E-state index contributed by atoms with van der Waals surface area (Å²) in [5.74, 6) is 0.891. The summed E-state index contributed by atoms with van der Waals surface area (Å²) in [7, 11) is 0. The maximum absolute atomic E-state index is 11.7. The van der Waals surface area contributed by atoms with Crippen LogP contribution in [0.1, 0.15) is 34.1 Å². The number of aromatic nitrogens is 2. The lowest BCUT2D eigenvalue weighted by Crippen LogP contribution is -2.12. The predicted molar refractivity (Wildman–Crippen MR) is 98.6 cm³/mol. The lowest BCUT2D eigenvalue weighted by molar-refractivity contribution is 0.0998. The Morgan fingerprint density at radius 3 is 3.04 bits per heavy atom. The number of aryl methyl sites for hydroxylation is 1. The third kappa shape index (κ3) is 2.96. The quantitative estimate of drug-likeness (QED) is 0.739. The normalized spacial score (nSPS) is 16.6. The van der Waals surface area contributed by atoms with Crippen molar-refractivity contribution in [2.75, 3.05) is 0 Å². The van der Waals surface area contributed by atoms with Gasteiger partial charge in [-0.2, -0.15) is 0 Å². The number of nitrogens with zero attached hydrogens (tertiary/aromatic N) is 2. The van der Waals surface area contributed by atoms with Crippen LogP contribution in [-0.2, 0) is 12.8 Å². The molecule has 25 heavy (non-hydrogen) atoms. The van der Waals surface area contributed by atoms with Crippen molar-refractivity contribution in [2.24, 2.45) is 11.7 Å². The molecule has 1 aliphatic rings. The maximum Gasteiger partial charge on any atom is 0.252 e. The summed E-state index contributed by atoms with van der Waals surface area (Å²) in [4.78, 5) is 22.7. The second-order valence-corrected chi connectivity index (χ2v) is 7.84. The van der Waals surface area contributed by atoms with Crippen LogP contribution in [0.3, 0.4) is 0 Å². The van der Waals surface area contributed by atoms with Crippen molar-refractivity contribution in [1.82, 2.24) is 9.97 Å². The van der Waals surface area contributed by atoms with Crippen LogP contribution < -0.4 is 10.5 Å². The van der Waals surface area contributed by atoms with Crippen molar-refractivity contribution in [3.05, 3.63) is 45.6 Å². The summed E-state index contributed by atoms with van der Waals surface area (Å²) in [6, 6.07) is 4.80. The van der Waals surface area contributed by atoms with Crippen LogP contribution in [0.5, 0.6) is 11.6 Å². The number of thiophene rings is 1. The smallest absolute Gasteiger partial charge is 0.252 e. The largest absolute Gasteiger partial charge is 0.437 e.